The summed E-state index contributed by atoms with van der Waals surface area (Å²) in [6.07, 6.45) is 3.37. The lowest BCUT2D eigenvalue weighted by Crippen LogP contribution is -2.44. The van der Waals surface area contributed by atoms with Crippen molar-refractivity contribution >= 4 is 15.7 Å². The minimum atomic E-state index is -2.97. The van der Waals surface area contributed by atoms with Gasteiger partial charge in [-0.2, -0.15) is 0 Å². The first-order valence-corrected chi connectivity index (χ1v) is 9.06. The van der Waals surface area contributed by atoms with Gasteiger partial charge in [0.1, 0.15) is 0 Å². The number of hydrogen-bond donors (Lipinski definition) is 1. The SMILES string of the molecule is COCCN(C(=O)CCNC1CC1)C1CCS(=O)(=O)C1. The fourth-order valence-electron chi connectivity index (χ4n) is 2.54. The van der Waals surface area contributed by atoms with Crippen LogP contribution in [0.2, 0.25) is 0 Å². The first kappa shape index (κ1) is 15.7. The van der Waals surface area contributed by atoms with Gasteiger partial charge in [-0.25, -0.2) is 8.42 Å². The normalized spacial score (nSPS) is 24.8. The number of nitrogens with one attached hydrogen (secondary N) is 1. The van der Waals surface area contributed by atoms with Crippen LogP contribution in [0, 0.1) is 0 Å². The van der Waals surface area contributed by atoms with Crippen LogP contribution in [0.4, 0.5) is 0 Å². The van der Waals surface area contributed by atoms with E-state index in [9.17, 15) is 13.2 Å². The predicted octanol–water partition coefficient (Wildman–Crippen LogP) is -0.209. The monoisotopic (exact) mass is 304 g/mol. The molecule has 2 rings (SSSR count). The van der Waals surface area contributed by atoms with Gasteiger partial charge in [-0.05, 0) is 19.3 Å². The molecule has 1 atom stereocenters. The number of rotatable bonds is 8. The standard InChI is InChI=1S/C13H24N2O4S/c1-19-8-7-15(12-5-9-20(17,18)10-12)13(16)4-6-14-11-2-3-11/h11-12,14H,2-10H2,1H3. The molecule has 2 fully saturated rings. The highest BCUT2D eigenvalue weighted by Crippen LogP contribution is 2.20. The quantitative estimate of drug-likeness (QED) is 0.671. The van der Waals surface area contributed by atoms with Crippen LogP contribution in [-0.4, -0.2) is 69.6 Å². The molecular formula is C13H24N2O4S. The zero-order valence-electron chi connectivity index (χ0n) is 12.0. The number of carbonyl (C=O) groups is 1. The third kappa shape index (κ3) is 4.71. The number of ether oxygens (including phenoxy) is 1. The Labute approximate surface area is 120 Å². The van der Waals surface area contributed by atoms with Crippen LogP contribution >= 0.6 is 0 Å². The highest BCUT2D eigenvalue weighted by molar-refractivity contribution is 7.91. The molecular weight excluding hydrogens is 280 g/mol. The number of amides is 1. The van der Waals surface area contributed by atoms with Crippen LogP contribution in [0.15, 0.2) is 0 Å². The van der Waals surface area contributed by atoms with Gasteiger partial charge in [-0.3, -0.25) is 4.79 Å². The fourth-order valence-corrected chi connectivity index (χ4v) is 4.27. The summed E-state index contributed by atoms with van der Waals surface area (Å²) in [5.74, 6) is 0.310. The van der Waals surface area contributed by atoms with E-state index in [2.05, 4.69) is 5.32 Å². The molecule has 7 heteroatoms. The van der Waals surface area contributed by atoms with Gasteiger partial charge in [0.05, 0.1) is 18.1 Å². The number of hydrogen-bond acceptors (Lipinski definition) is 5. The van der Waals surface area contributed by atoms with Crippen LogP contribution in [0.3, 0.4) is 0 Å². The van der Waals surface area contributed by atoms with Gasteiger partial charge >= 0.3 is 0 Å². The molecule has 1 saturated carbocycles. The molecule has 1 unspecified atom stereocenters. The van der Waals surface area contributed by atoms with E-state index in [0.29, 0.717) is 38.6 Å². The van der Waals surface area contributed by atoms with Crippen LogP contribution < -0.4 is 5.32 Å². The maximum Gasteiger partial charge on any atom is 0.224 e. The molecule has 0 aromatic carbocycles. The highest BCUT2D eigenvalue weighted by atomic mass is 32.2. The summed E-state index contributed by atoms with van der Waals surface area (Å²) in [6, 6.07) is 0.408. The second-order valence-electron chi connectivity index (χ2n) is 5.62. The number of nitrogens with zero attached hydrogens (tertiary/aromatic N) is 1. The van der Waals surface area contributed by atoms with Crippen LogP contribution in [0.1, 0.15) is 25.7 Å². The number of sulfone groups is 1. The second-order valence-corrected chi connectivity index (χ2v) is 7.84. The third-order valence-electron chi connectivity index (χ3n) is 3.86. The molecule has 1 amide bonds. The third-order valence-corrected chi connectivity index (χ3v) is 5.61. The summed E-state index contributed by atoms with van der Waals surface area (Å²) >= 11 is 0. The van der Waals surface area contributed by atoms with Gasteiger partial charge in [0, 0.05) is 38.7 Å². The van der Waals surface area contributed by atoms with E-state index in [0.717, 1.165) is 0 Å². The van der Waals surface area contributed by atoms with Crippen LogP contribution in [-0.2, 0) is 19.4 Å². The predicted molar refractivity (Wildman–Crippen MR) is 76.3 cm³/mol. The Bertz CT molecular complexity index is 434. The van der Waals surface area contributed by atoms with Gasteiger partial charge in [0.2, 0.25) is 5.91 Å². The molecule has 0 spiro atoms. The Morgan fingerprint density at radius 2 is 2.10 bits per heavy atom. The van der Waals surface area contributed by atoms with E-state index < -0.39 is 9.84 Å². The average Bonchev–Trinajstić information content (AvgIpc) is 3.13. The summed E-state index contributed by atoms with van der Waals surface area (Å²) in [5.41, 5.74) is 0. The first-order valence-electron chi connectivity index (χ1n) is 7.24. The summed E-state index contributed by atoms with van der Waals surface area (Å²) in [5, 5.41) is 3.31. The zero-order valence-corrected chi connectivity index (χ0v) is 12.8. The van der Waals surface area contributed by atoms with Crippen molar-refractivity contribution < 1.29 is 17.9 Å². The van der Waals surface area contributed by atoms with Gasteiger partial charge in [0.15, 0.2) is 9.84 Å². The van der Waals surface area contributed by atoms with Gasteiger partial charge in [-0.15, -0.1) is 0 Å². The smallest absolute Gasteiger partial charge is 0.224 e. The Morgan fingerprint density at radius 3 is 2.65 bits per heavy atom. The molecule has 6 nitrogen and oxygen atoms in total. The molecule has 1 saturated heterocycles. The lowest BCUT2D eigenvalue weighted by molar-refractivity contribution is -0.133. The molecule has 1 aliphatic heterocycles. The molecule has 116 valence electrons. The molecule has 2 aliphatic rings. The van der Waals surface area contributed by atoms with Crippen molar-refractivity contribution in [1.29, 1.82) is 0 Å². The van der Waals surface area contributed by atoms with E-state index >= 15 is 0 Å². The molecule has 0 radical (unpaired) electrons. The van der Waals surface area contributed by atoms with Crippen molar-refractivity contribution in [2.24, 2.45) is 0 Å². The summed E-state index contributed by atoms with van der Waals surface area (Å²) in [7, 11) is -1.39. The molecule has 1 N–H and O–H groups in total. The molecule has 1 aliphatic carbocycles. The van der Waals surface area contributed by atoms with Crippen LogP contribution in [0.5, 0.6) is 0 Å². The molecule has 0 aromatic rings. The summed E-state index contributed by atoms with van der Waals surface area (Å²) in [6.45, 7) is 1.59. The minimum Gasteiger partial charge on any atom is -0.383 e. The van der Waals surface area contributed by atoms with E-state index in [1.54, 1.807) is 12.0 Å². The number of carbonyl (C=O) groups excluding carboxylic acids is 1. The van der Waals surface area contributed by atoms with Crippen molar-refractivity contribution in [2.45, 2.75) is 37.8 Å². The van der Waals surface area contributed by atoms with Crippen LogP contribution in [0.25, 0.3) is 0 Å². The maximum atomic E-state index is 12.3. The zero-order chi connectivity index (χ0) is 14.6. The lowest BCUT2D eigenvalue weighted by Gasteiger charge is -2.28. The van der Waals surface area contributed by atoms with E-state index in [4.69, 9.17) is 4.74 Å². The lowest BCUT2D eigenvalue weighted by atomic mass is 10.2. The molecule has 0 aromatic heterocycles. The van der Waals surface area contributed by atoms with E-state index in [1.807, 2.05) is 0 Å². The Balaban J connectivity index is 1.86. The van der Waals surface area contributed by atoms with Crippen molar-refractivity contribution in [3.05, 3.63) is 0 Å². The van der Waals surface area contributed by atoms with Crippen molar-refractivity contribution in [2.75, 3.05) is 38.3 Å². The molecule has 0 bridgehead atoms. The molecule has 20 heavy (non-hydrogen) atoms. The Hall–Kier alpha value is -0.660. The van der Waals surface area contributed by atoms with E-state index in [1.165, 1.54) is 12.8 Å². The average molecular weight is 304 g/mol. The maximum absolute atomic E-state index is 12.3. The largest absolute Gasteiger partial charge is 0.383 e. The number of methoxy groups -OCH3 is 1. The van der Waals surface area contributed by atoms with Gasteiger partial charge in [-0.1, -0.05) is 0 Å². The van der Waals surface area contributed by atoms with Gasteiger partial charge < -0.3 is 15.0 Å². The van der Waals surface area contributed by atoms with Crippen molar-refractivity contribution in [3.63, 3.8) is 0 Å². The Kier molecular flexibility index (Phi) is 5.40. The van der Waals surface area contributed by atoms with Crippen molar-refractivity contribution in [3.8, 4) is 0 Å². The topological polar surface area (TPSA) is 75.7 Å². The highest BCUT2D eigenvalue weighted by Gasteiger charge is 2.34. The first-order chi connectivity index (χ1) is 9.52. The summed E-state index contributed by atoms with van der Waals surface area (Å²) in [4.78, 5) is 14.0. The van der Waals surface area contributed by atoms with E-state index in [-0.39, 0.29) is 23.5 Å². The Morgan fingerprint density at radius 1 is 1.35 bits per heavy atom. The second kappa shape index (κ2) is 6.87. The summed E-state index contributed by atoms with van der Waals surface area (Å²) < 4.78 is 28.2. The van der Waals surface area contributed by atoms with Crippen molar-refractivity contribution in [1.82, 2.24) is 10.2 Å². The minimum absolute atomic E-state index is 0.0253. The fraction of sp³-hybridized carbons (Fsp3) is 0.923. The molecule has 1 heterocycles. The van der Waals surface area contributed by atoms with Gasteiger partial charge in [0.25, 0.3) is 0 Å².